The van der Waals surface area contributed by atoms with Gasteiger partial charge in [-0.3, -0.25) is 4.90 Å². The first kappa shape index (κ1) is 14.4. The molecule has 1 aliphatic heterocycles. The minimum Gasteiger partial charge on any atom is -0.497 e. The van der Waals surface area contributed by atoms with Gasteiger partial charge >= 0.3 is 0 Å². The highest BCUT2D eigenvalue weighted by Gasteiger charge is 2.23. The Hall–Kier alpha value is -1.06. The largest absolute Gasteiger partial charge is 0.497 e. The Morgan fingerprint density at radius 1 is 1.37 bits per heavy atom. The van der Waals surface area contributed by atoms with Gasteiger partial charge in [-0.1, -0.05) is 19.1 Å². The highest BCUT2D eigenvalue weighted by atomic mass is 16.5. The van der Waals surface area contributed by atoms with Crippen molar-refractivity contribution in [2.24, 2.45) is 0 Å². The average Bonchev–Trinajstić information content (AvgIpc) is 2.84. The highest BCUT2D eigenvalue weighted by Crippen LogP contribution is 2.23. The molecule has 1 heterocycles. The van der Waals surface area contributed by atoms with Crippen molar-refractivity contribution in [3.63, 3.8) is 0 Å². The van der Waals surface area contributed by atoms with E-state index in [9.17, 15) is 0 Å². The number of likely N-dealkylation sites (tertiary alicyclic amines) is 1. The fraction of sp³-hybridized carbons (Fsp3) is 0.625. The molecule has 19 heavy (non-hydrogen) atoms. The molecule has 1 fully saturated rings. The van der Waals surface area contributed by atoms with E-state index in [0.717, 1.165) is 24.9 Å². The number of ether oxygens (including phenoxy) is 1. The second-order valence-corrected chi connectivity index (χ2v) is 5.37. The van der Waals surface area contributed by atoms with Crippen molar-refractivity contribution >= 4 is 0 Å². The molecule has 3 heteroatoms. The van der Waals surface area contributed by atoms with Crippen LogP contribution < -0.4 is 10.1 Å². The summed E-state index contributed by atoms with van der Waals surface area (Å²) >= 11 is 0. The number of hydrogen-bond acceptors (Lipinski definition) is 3. The highest BCUT2D eigenvalue weighted by molar-refractivity contribution is 5.29. The molecule has 3 nitrogen and oxygen atoms in total. The maximum absolute atomic E-state index is 5.23. The van der Waals surface area contributed by atoms with Gasteiger partial charge in [0.1, 0.15) is 5.75 Å². The lowest BCUT2D eigenvalue weighted by atomic mass is 10.1. The minimum absolute atomic E-state index is 0.413. The summed E-state index contributed by atoms with van der Waals surface area (Å²) in [5.74, 6) is 0.925. The Morgan fingerprint density at radius 3 is 2.63 bits per heavy atom. The van der Waals surface area contributed by atoms with Crippen LogP contribution in [-0.4, -0.2) is 37.7 Å². The van der Waals surface area contributed by atoms with Gasteiger partial charge in [-0.25, -0.2) is 0 Å². The Morgan fingerprint density at radius 2 is 2.11 bits per heavy atom. The number of likely N-dealkylation sites (N-methyl/N-ethyl adjacent to an activating group) is 1. The molecule has 0 aliphatic carbocycles. The summed E-state index contributed by atoms with van der Waals surface area (Å²) in [5.41, 5.74) is 1.35. The number of hydrogen-bond donors (Lipinski definition) is 1. The van der Waals surface area contributed by atoms with Gasteiger partial charge in [-0.05, 0) is 50.6 Å². The zero-order chi connectivity index (χ0) is 13.7. The van der Waals surface area contributed by atoms with Gasteiger partial charge < -0.3 is 10.1 Å². The van der Waals surface area contributed by atoms with Gasteiger partial charge in [0.25, 0.3) is 0 Å². The summed E-state index contributed by atoms with van der Waals surface area (Å²) in [7, 11) is 1.71. The van der Waals surface area contributed by atoms with Gasteiger partial charge in [0.2, 0.25) is 0 Å². The third-order valence-corrected chi connectivity index (χ3v) is 4.08. The Bertz CT molecular complexity index is 377. The molecule has 0 aromatic heterocycles. The fourth-order valence-corrected chi connectivity index (χ4v) is 2.87. The maximum Gasteiger partial charge on any atom is 0.118 e. The van der Waals surface area contributed by atoms with Crippen molar-refractivity contribution in [2.75, 3.05) is 26.7 Å². The number of rotatable bonds is 6. The topological polar surface area (TPSA) is 24.5 Å². The Labute approximate surface area is 116 Å². The van der Waals surface area contributed by atoms with Crippen LogP contribution in [0.1, 0.15) is 38.3 Å². The number of nitrogens with zero attached hydrogens (tertiary/aromatic N) is 1. The van der Waals surface area contributed by atoms with Crippen molar-refractivity contribution in [1.29, 1.82) is 0 Å². The van der Waals surface area contributed by atoms with Crippen LogP contribution in [0, 0.1) is 0 Å². The monoisotopic (exact) mass is 262 g/mol. The standard InChI is InChI=1S/C16H26N2O/c1-4-17-16(12-18-11-5-6-13(18)2)14-7-9-15(19-3)10-8-14/h7-10,13,16-17H,4-6,11-12H2,1-3H3. The number of nitrogens with one attached hydrogen (secondary N) is 1. The molecule has 0 bridgehead atoms. The molecule has 106 valence electrons. The predicted molar refractivity (Wildman–Crippen MR) is 79.7 cm³/mol. The Kier molecular flexibility index (Phi) is 5.23. The molecule has 0 radical (unpaired) electrons. The predicted octanol–water partition coefficient (Wildman–Crippen LogP) is 2.83. The molecule has 2 rings (SSSR count). The van der Waals surface area contributed by atoms with E-state index in [-0.39, 0.29) is 0 Å². The van der Waals surface area contributed by atoms with Crippen LogP contribution in [0.3, 0.4) is 0 Å². The minimum atomic E-state index is 0.413. The van der Waals surface area contributed by atoms with E-state index < -0.39 is 0 Å². The summed E-state index contributed by atoms with van der Waals surface area (Å²) in [6, 6.07) is 9.58. The van der Waals surface area contributed by atoms with E-state index in [1.807, 2.05) is 12.1 Å². The van der Waals surface area contributed by atoms with Crippen LogP contribution in [0.5, 0.6) is 5.75 Å². The van der Waals surface area contributed by atoms with Crippen LogP contribution in [-0.2, 0) is 0 Å². The molecule has 1 aliphatic rings. The molecular formula is C16H26N2O. The van der Waals surface area contributed by atoms with Crippen molar-refractivity contribution in [2.45, 2.75) is 38.8 Å². The summed E-state index contributed by atoms with van der Waals surface area (Å²) in [5, 5.41) is 3.60. The van der Waals surface area contributed by atoms with Crippen LogP contribution in [0.4, 0.5) is 0 Å². The molecule has 1 aromatic carbocycles. The molecule has 1 aromatic rings. The smallest absolute Gasteiger partial charge is 0.118 e. The van der Waals surface area contributed by atoms with Crippen molar-refractivity contribution < 1.29 is 4.74 Å². The van der Waals surface area contributed by atoms with Crippen LogP contribution >= 0.6 is 0 Å². The van der Waals surface area contributed by atoms with Gasteiger partial charge in [-0.15, -0.1) is 0 Å². The van der Waals surface area contributed by atoms with Crippen molar-refractivity contribution in [3.05, 3.63) is 29.8 Å². The Balaban J connectivity index is 2.05. The molecule has 0 saturated carbocycles. The summed E-state index contributed by atoms with van der Waals surface area (Å²) < 4.78 is 5.23. The fourth-order valence-electron chi connectivity index (χ4n) is 2.87. The second-order valence-electron chi connectivity index (χ2n) is 5.37. The SMILES string of the molecule is CCNC(CN1CCCC1C)c1ccc(OC)cc1. The van der Waals surface area contributed by atoms with Gasteiger partial charge in [0.15, 0.2) is 0 Å². The van der Waals surface area contributed by atoms with Crippen LogP contribution in [0.25, 0.3) is 0 Å². The summed E-state index contributed by atoms with van der Waals surface area (Å²) in [6.45, 7) is 7.84. The van der Waals surface area contributed by atoms with Gasteiger partial charge in [-0.2, -0.15) is 0 Å². The number of methoxy groups -OCH3 is 1. The van der Waals surface area contributed by atoms with E-state index in [4.69, 9.17) is 4.74 Å². The van der Waals surface area contributed by atoms with Gasteiger partial charge in [0, 0.05) is 18.6 Å². The van der Waals surface area contributed by atoms with E-state index in [0.29, 0.717) is 6.04 Å². The average molecular weight is 262 g/mol. The van der Waals surface area contributed by atoms with Crippen LogP contribution in [0.15, 0.2) is 24.3 Å². The zero-order valence-corrected chi connectivity index (χ0v) is 12.4. The van der Waals surface area contributed by atoms with Gasteiger partial charge in [0.05, 0.1) is 7.11 Å². The lowest BCUT2D eigenvalue weighted by molar-refractivity contribution is 0.238. The third kappa shape index (κ3) is 3.71. The molecule has 2 unspecified atom stereocenters. The zero-order valence-electron chi connectivity index (χ0n) is 12.4. The maximum atomic E-state index is 5.23. The second kappa shape index (κ2) is 6.92. The van der Waals surface area contributed by atoms with Crippen molar-refractivity contribution in [3.8, 4) is 5.75 Å². The number of benzene rings is 1. The molecule has 2 atom stereocenters. The molecular weight excluding hydrogens is 236 g/mol. The lowest BCUT2D eigenvalue weighted by Crippen LogP contribution is -2.37. The van der Waals surface area contributed by atoms with E-state index in [1.54, 1.807) is 7.11 Å². The molecule has 1 N–H and O–H groups in total. The van der Waals surface area contributed by atoms with E-state index in [1.165, 1.54) is 24.9 Å². The molecule has 1 saturated heterocycles. The molecule has 0 amide bonds. The molecule has 0 spiro atoms. The van der Waals surface area contributed by atoms with Crippen LogP contribution in [0.2, 0.25) is 0 Å². The first-order valence-corrected chi connectivity index (χ1v) is 7.36. The lowest BCUT2D eigenvalue weighted by Gasteiger charge is -2.28. The summed E-state index contributed by atoms with van der Waals surface area (Å²) in [4.78, 5) is 2.59. The first-order valence-electron chi connectivity index (χ1n) is 7.36. The normalized spacial score (nSPS) is 21.5. The van der Waals surface area contributed by atoms with E-state index in [2.05, 4.69) is 36.2 Å². The van der Waals surface area contributed by atoms with E-state index >= 15 is 0 Å². The first-order chi connectivity index (χ1) is 9.24. The quantitative estimate of drug-likeness (QED) is 0.853. The van der Waals surface area contributed by atoms with Crippen molar-refractivity contribution in [1.82, 2.24) is 10.2 Å². The third-order valence-electron chi connectivity index (χ3n) is 4.08. The summed E-state index contributed by atoms with van der Waals surface area (Å²) in [6.07, 6.45) is 2.67.